The first kappa shape index (κ1) is 17.8. The zero-order chi connectivity index (χ0) is 18.6. The van der Waals surface area contributed by atoms with Crippen molar-refractivity contribution in [1.82, 2.24) is 20.2 Å². The molecule has 0 radical (unpaired) electrons. The van der Waals surface area contributed by atoms with E-state index in [-0.39, 0.29) is 6.03 Å². The van der Waals surface area contributed by atoms with E-state index in [0.717, 1.165) is 48.0 Å². The normalized spacial score (nSPS) is 16.8. The number of benzene rings is 1. The maximum absolute atomic E-state index is 12.3. The van der Waals surface area contributed by atoms with Crippen LogP contribution in [0.1, 0.15) is 37.4 Å². The van der Waals surface area contributed by atoms with Gasteiger partial charge in [0.15, 0.2) is 5.82 Å². The van der Waals surface area contributed by atoms with Crippen LogP contribution in [-0.4, -0.2) is 47.1 Å². The van der Waals surface area contributed by atoms with Gasteiger partial charge in [-0.15, -0.1) is 0 Å². The van der Waals surface area contributed by atoms with Gasteiger partial charge in [-0.05, 0) is 26.2 Å². The molecular weight excluding hydrogens is 338 g/mol. The Morgan fingerprint density at radius 3 is 2.59 bits per heavy atom. The summed E-state index contributed by atoms with van der Waals surface area (Å²) in [4.78, 5) is 26.5. The number of anilines is 1. The molecule has 27 heavy (non-hydrogen) atoms. The first-order chi connectivity index (χ1) is 13.3. The number of hydrogen-bond donors (Lipinski definition) is 1. The van der Waals surface area contributed by atoms with Gasteiger partial charge in [0.1, 0.15) is 5.82 Å². The lowest BCUT2D eigenvalue weighted by molar-refractivity contribution is 0.192. The Kier molecular flexibility index (Phi) is 5.23. The van der Waals surface area contributed by atoms with Crippen molar-refractivity contribution in [2.75, 3.05) is 31.1 Å². The number of hydrogen-bond acceptors (Lipinski definition) is 4. The molecular formula is C21H27N5O. The summed E-state index contributed by atoms with van der Waals surface area (Å²) < 4.78 is 0. The van der Waals surface area contributed by atoms with Crippen LogP contribution in [0.5, 0.6) is 0 Å². The fraction of sp³-hybridized carbons (Fsp3) is 0.476. The Morgan fingerprint density at radius 2 is 1.85 bits per heavy atom. The van der Waals surface area contributed by atoms with Crippen LogP contribution >= 0.6 is 0 Å². The van der Waals surface area contributed by atoms with Crippen LogP contribution in [0, 0.1) is 0 Å². The quantitative estimate of drug-likeness (QED) is 0.907. The summed E-state index contributed by atoms with van der Waals surface area (Å²) in [5.41, 5.74) is 3.25. The fourth-order valence-electron chi connectivity index (χ4n) is 3.92. The van der Waals surface area contributed by atoms with Crippen molar-refractivity contribution in [3.05, 3.63) is 41.6 Å². The highest BCUT2D eigenvalue weighted by Crippen LogP contribution is 2.31. The minimum Gasteiger partial charge on any atom is -0.356 e. The molecule has 2 aliphatic heterocycles. The van der Waals surface area contributed by atoms with Crippen molar-refractivity contribution in [1.29, 1.82) is 0 Å². The Labute approximate surface area is 160 Å². The monoisotopic (exact) mass is 365 g/mol. The van der Waals surface area contributed by atoms with Crippen molar-refractivity contribution < 1.29 is 4.79 Å². The molecule has 0 atom stereocenters. The number of nitrogens with one attached hydrogen (secondary N) is 1. The van der Waals surface area contributed by atoms with Crippen molar-refractivity contribution >= 4 is 11.8 Å². The lowest BCUT2D eigenvalue weighted by Crippen LogP contribution is -2.44. The number of fused-ring (bicyclic) bond motifs is 1. The zero-order valence-corrected chi connectivity index (χ0v) is 15.9. The standard InChI is InChI=1S/C21H27N5O/c1-2-22-21(27)26-14-11-18-17(15-26)20(25-12-7-4-8-13-25)24-19(23-18)16-9-5-3-6-10-16/h3,5-6,9-10H,2,4,7-8,11-15H2,1H3,(H,22,27). The first-order valence-corrected chi connectivity index (χ1v) is 9.99. The molecule has 1 aromatic heterocycles. The van der Waals surface area contributed by atoms with Gasteiger partial charge < -0.3 is 15.1 Å². The van der Waals surface area contributed by atoms with Crippen LogP contribution in [-0.2, 0) is 13.0 Å². The highest BCUT2D eigenvalue weighted by Gasteiger charge is 2.28. The molecule has 0 aliphatic carbocycles. The van der Waals surface area contributed by atoms with Gasteiger partial charge in [-0.1, -0.05) is 30.3 Å². The summed E-state index contributed by atoms with van der Waals surface area (Å²) in [6.07, 6.45) is 4.44. The number of nitrogens with zero attached hydrogens (tertiary/aromatic N) is 4. The smallest absolute Gasteiger partial charge is 0.317 e. The minimum absolute atomic E-state index is 0.000111. The molecule has 142 valence electrons. The number of amides is 2. The predicted octanol–water partition coefficient (Wildman–Crippen LogP) is 3.22. The van der Waals surface area contributed by atoms with Crippen molar-refractivity contribution in [2.45, 2.75) is 39.2 Å². The van der Waals surface area contributed by atoms with E-state index in [1.54, 1.807) is 0 Å². The molecule has 1 saturated heterocycles. The summed E-state index contributed by atoms with van der Waals surface area (Å²) >= 11 is 0. The lowest BCUT2D eigenvalue weighted by Gasteiger charge is -2.34. The summed E-state index contributed by atoms with van der Waals surface area (Å²) in [5, 5.41) is 2.91. The molecule has 0 spiro atoms. The lowest BCUT2D eigenvalue weighted by atomic mass is 10.0. The third-order valence-electron chi connectivity index (χ3n) is 5.34. The second-order valence-corrected chi connectivity index (χ2v) is 7.22. The third kappa shape index (κ3) is 3.75. The first-order valence-electron chi connectivity index (χ1n) is 9.99. The molecule has 1 aromatic carbocycles. The summed E-state index contributed by atoms with van der Waals surface area (Å²) in [6, 6.07) is 10.2. The Hall–Kier alpha value is -2.63. The van der Waals surface area contributed by atoms with E-state index in [2.05, 4.69) is 22.3 Å². The molecule has 6 heteroatoms. The highest BCUT2D eigenvalue weighted by molar-refractivity contribution is 5.75. The molecule has 2 aromatic rings. The molecule has 2 amide bonds. The van der Waals surface area contributed by atoms with Gasteiger partial charge in [-0.25, -0.2) is 14.8 Å². The molecule has 1 fully saturated rings. The maximum atomic E-state index is 12.3. The molecule has 0 unspecified atom stereocenters. The Morgan fingerprint density at radius 1 is 1.07 bits per heavy atom. The van der Waals surface area contributed by atoms with Crippen molar-refractivity contribution in [2.24, 2.45) is 0 Å². The second-order valence-electron chi connectivity index (χ2n) is 7.22. The number of carbonyl (C=O) groups is 1. The van der Waals surface area contributed by atoms with E-state index >= 15 is 0 Å². The number of urea groups is 1. The molecule has 0 bridgehead atoms. The molecule has 6 nitrogen and oxygen atoms in total. The van der Waals surface area contributed by atoms with Crippen LogP contribution in [0.25, 0.3) is 11.4 Å². The van der Waals surface area contributed by atoms with Crippen LogP contribution in [0.2, 0.25) is 0 Å². The number of rotatable bonds is 3. The van der Waals surface area contributed by atoms with Gasteiger partial charge in [0.05, 0.1) is 12.2 Å². The fourth-order valence-corrected chi connectivity index (χ4v) is 3.92. The van der Waals surface area contributed by atoms with Crippen molar-refractivity contribution in [3.63, 3.8) is 0 Å². The number of carbonyl (C=O) groups excluding carboxylic acids is 1. The average molecular weight is 365 g/mol. The van der Waals surface area contributed by atoms with Gasteiger partial charge in [-0.3, -0.25) is 0 Å². The molecule has 1 N–H and O–H groups in total. The van der Waals surface area contributed by atoms with Crippen LogP contribution < -0.4 is 10.2 Å². The van der Waals surface area contributed by atoms with Crippen molar-refractivity contribution in [3.8, 4) is 11.4 Å². The van der Waals surface area contributed by atoms with E-state index in [1.807, 2.05) is 30.0 Å². The van der Waals surface area contributed by atoms with Crippen LogP contribution in [0.3, 0.4) is 0 Å². The summed E-state index contributed by atoms with van der Waals surface area (Å²) in [6.45, 7) is 5.93. The third-order valence-corrected chi connectivity index (χ3v) is 5.34. The van der Waals surface area contributed by atoms with E-state index in [9.17, 15) is 4.79 Å². The van der Waals surface area contributed by atoms with Gasteiger partial charge in [0.25, 0.3) is 0 Å². The number of piperidine rings is 1. The van der Waals surface area contributed by atoms with Crippen LogP contribution in [0.15, 0.2) is 30.3 Å². The van der Waals surface area contributed by atoms with Gasteiger partial charge in [0.2, 0.25) is 0 Å². The van der Waals surface area contributed by atoms with E-state index in [1.165, 1.54) is 19.3 Å². The molecule has 0 saturated carbocycles. The largest absolute Gasteiger partial charge is 0.356 e. The Balaban J connectivity index is 1.73. The van der Waals surface area contributed by atoms with E-state index in [0.29, 0.717) is 19.6 Å². The SMILES string of the molecule is CCNC(=O)N1CCc2nc(-c3ccccc3)nc(N3CCCCC3)c2C1. The maximum Gasteiger partial charge on any atom is 0.317 e. The van der Waals surface area contributed by atoms with E-state index < -0.39 is 0 Å². The molecule has 2 aliphatic rings. The molecule has 4 rings (SSSR count). The number of aromatic nitrogens is 2. The zero-order valence-electron chi connectivity index (χ0n) is 15.9. The highest BCUT2D eigenvalue weighted by atomic mass is 16.2. The second kappa shape index (κ2) is 7.94. The van der Waals surface area contributed by atoms with E-state index in [4.69, 9.17) is 9.97 Å². The van der Waals surface area contributed by atoms with Gasteiger partial charge in [0, 0.05) is 43.7 Å². The van der Waals surface area contributed by atoms with Gasteiger partial charge >= 0.3 is 6.03 Å². The minimum atomic E-state index is -0.000111. The topological polar surface area (TPSA) is 61.4 Å². The molecule has 3 heterocycles. The van der Waals surface area contributed by atoms with Gasteiger partial charge in [-0.2, -0.15) is 0 Å². The van der Waals surface area contributed by atoms with Crippen LogP contribution in [0.4, 0.5) is 10.6 Å². The average Bonchev–Trinajstić information content (AvgIpc) is 2.74. The predicted molar refractivity (Wildman–Crippen MR) is 107 cm³/mol. The Bertz CT molecular complexity index is 802. The summed E-state index contributed by atoms with van der Waals surface area (Å²) in [7, 11) is 0. The summed E-state index contributed by atoms with van der Waals surface area (Å²) in [5.74, 6) is 1.81.